The molecule has 2 N–H and O–H groups in total. The Bertz CT molecular complexity index is 446. The lowest BCUT2D eigenvalue weighted by Crippen LogP contribution is -2.40. The first kappa shape index (κ1) is 15.1. The average Bonchev–Trinajstić information content (AvgIpc) is 2.42. The van der Waals surface area contributed by atoms with Crippen LogP contribution in [0.15, 0.2) is 18.2 Å². The van der Waals surface area contributed by atoms with Crippen LogP contribution in [0.2, 0.25) is 0 Å². The number of likely N-dealkylation sites (N-methyl/N-ethyl adjacent to an activating group) is 1. The van der Waals surface area contributed by atoms with E-state index >= 15 is 0 Å². The van der Waals surface area contributed by atoms with Gasteiger partial charge in [-0.15, -0.1) is 0 Å². The minimum Gasteiger partial charge on any atom is -0.484 e. The molecule has 0 atom stereocenters. The highest BCUT2D eigenvalue weighted by atomic mass is 16.5. The van der Waals surface area contributed by atoms with Crippen LogP contribution in [-0.2, 0) is 6.42 Å². The molecule has 1 aliphatic heterocycles. The highest BCUT2D eigenvalue weighted by Gasteiger charge is 2.26. The Hall–Kier alpha value is -1.26. The summed E-state index contributed by atoms with van der Waals surface area (Å²) >= 11 is 0. The quantitative estimate of drug-likeness (QED) is 0.837. The van der Waals surface area contributed by atoms with Crippen LogP contribution in [0.1, 0.15) is 26.3 Å². The summed E-state index contributed by atoms with van der Waals surface area (Å²) in [5, 5.41) is 12.4. The fourth-order valence-corrected chi connectivity index (χ4v) is 2.46. The highest BCUT2D eigenvalue weighted by Crippen LogP contribution is 2.33. The maximum atomic E-state index is 9.00. The van der Waals surface area contributed by atoms with Crippen LogP contribution in [0.3, 0.4) is 0 Å². The summed E-state index contributed by atoms with van der Waals surface area (Å²) in [6.07, 6.45) is 0.992. The molecule has 0 aromatic heterocycles. The van der Waals surface area contributed by atoms with Gasteiger partial charge in [-0.05, 0) is 44.5 Å². The summed E-state index contributed by atoms with van der Waals surface area (Å²) in [5.74, 6) is 0.938. The predicted molar refractivity (Wildman–Crippen MR) is 82.5 cm³/mol. The molecule has 0 unspecified atom stereocenters. The van der Waals surface area contributed by atoms with Crippen molar-refractivity contribution in [2.24, 2.45) is 0 Å². The Morgan fingerprint density at radius 2 is 2.15 bits per heavy atom. The van der Waals surface area contributed by atoms with Gasteiger partial charge in [0.1, 0.15) is 11.4 Å². The fraction of sp³-hybridized carbons (Fsp3) is 0.625. The van der Waals surface area contributed by atoms with Crippen molar-refractivity contribution in [2.75, 3.05) is 38.1 Å². The zero-order chi connectivity index (χ0) is 14.6. The van der Waals surface area contributed by atoms with E-state index in [1.54, 1.807) is 0 Å². The molecule has 1 aromatic rings. The van der Waals surface area contributed by atoms with Crippen molar-refractivity contribution < 1.29 is 9.84 Å². The number of hydrogen-bond acceptors (Lipinski definition) is 4. The summed E-state index contributed by atoms with van der Waals surface area (Å²) in [5.41, 5.74) is 2.25. The molecular weight excluding hydrogens is 252 g/mol. The first-order chi connectivity index (χ1) is 9.54. The monoisotopic (exact) mass is 278 g/mol. The Kier molecular flexibility index (Phi) is 4.89. The van der Waals surface area contributed by atoms with E-state index in [1.165, 1.54) is 5.56 Å². The molecule has 0 bridgehead atoms. The minimum absolute atomic E-state index is 0.144. The number of anilines is 1. The average molecular weight is 278 g/mol. The van der Waals surface area contributed by atoms with Crippen molar-refractivity contribution in [1.29, 1.82) is 0 Å². The van der Waals surface area contributed by atoms with Gasteiger partial charge < -0.3 is 20.1 Å². The molecule has 20 heavy (non-hydrogen) atoms. The van der Waals surface area contributed by atoms with Crippen LogP contribution in [0.5, 0.6) is 5.75 Å². The summed E-state index contributed by atoms with van der Waals surface area (Å²) in [7, 11) is 0. The number of nitrogens with one attached hydrogen (secondary N) is 1. The van der Waals surface area contributed by atoms with Crippen LogP contribution >= 0.6 is 0 Å². The molecule has 2 rings (SSSR count). The third kappa shape index (κ3) is 3.87. The van der Waals surface area contributed by atoms with Gasteiger partial charge >= 0.3 is 0 Å². The second-order valence-electron chi connectivity index (χ2n) is 5.95. The summed E-state index contributed by atoms with van der Waals surface area (Å²) in [6.45, 7) is 10.0. The lowest BCUT2D eigenvalue weighted by molar-refractivity contribution is 0.116. The van der Waals surface area contributed by atoms with E-state index in [0.29, 0.717) is 0 Å². The molecule has 4 heteroatoms. The van der Waals surface area contributed by atoms with Gasteiger partial charge in [0.25, 0.3) is 0 Å². The zero-order valence-corrected chi connectivity index (χ0v) is 12.8. The van der Waals surface area contributed by atoms with Gasteiger partial charge in [0.2, 0.25) is 0 Å². The van der Waals surface area contributed by atoms with E-state index in [2.05, 4.69) is 49.2 Å². The fourth-order valence-electron chi connectivity index (χ4n) is 2.46. The van der Waals surface area contributed by atoms with Crippen LogP contribution in [-0.4, -0.2) is 48.4 Å². The van der Waals surface area contributed by atoms with Gasteiger partial charge in [-0.1, -0.05) is 13.0 Å². The number of aliphatic hydroxyl groups is 1. The van der Waals surface area contributed by atoms with Crippen molar-refractivity contribution >= 4 is 5.69 Å². The van der Waals surface area contributed by atoms with E-state index in [-0.39, 0.29) is 12.2 Å². The minimum atomic E-state index is -0.144. The number of hydrogen-bond donors (Lipinski definition) is 2. The van der Waals surface area contributed by atoms with Gasteiger partial charge in [0, 0.05) is 13.1 Å². The standard InChI is InChI=1S/C16H26N2O2/c1-4-18(9-10-19)8-7-13-5-6-15-14(11-13)17-12-16(2,3)20-15/h5-6,11,17,19H,4,7-10,12H2,1-3H3. The molecule has 0 radical (unpaired) electrons. The molecule has 0 spiro atoms. The molecule has 0 fully saturated rings. The molecule has 112 valence electrons. The Balaban J connectivity index is 1.98. The Labute approximate surface area is 121 Å². The molecular formula is C16H26N2O2. The lowest BCUT2D eigenvalue weighted by atomic mass is 10.0. The molecule has 0 amide bonds. The van der Waals surface area contributed by atoms with Crippen LogP contribution in [0, 0.1) is 0 Å². The highest BCUT2D eigenvalue weighted by molar-refractivity contribution is 5.60. The number of benzene rings is 1. The summed E-state index contributed by atoms with van der Waals surface area (Å²) < 4.78 is 5.95. The van der Waals surface area contributed by atoms with Crippen LogP contribution in [0.4, 0.5) is 5.69 Å². The van der Waals surface area contributed by atoms with Crippen LogP contribution < -0.4 is 10.1 Å². The Morgan fingerprint density at radius 3 is 2.85 bits per heavy atom. The number of nitrogens with zero attached hydrogens (tertiary/aromatic N) is 1. The van der Waals surface area contributed by atoms with E-state index in [9.17, 15) is 0 Å². The maximum Gasteiger partial charge on any atom is 0.143 e. The van der Waals surface area contributed by atoms with Crippen molar-refractivity contribution in [2.45, 2.75) is 32.8 Å². The lowest BCUT2D eigenvalue weighted by Gasteiger charge is -2.33. The zero-order valence-electron chi connectivity index (χ0n) is 12.8. The van der Waals surface area contributed by atoms with E-state index in [0.717, 1.165) is 44.0 Å². The molecule has 4 nitrogen and oxygen atoms in total. The van der Waals surface area contributed by atoms with E-state index in [1.807, 2.05) is 0 Å². The number of ether oxygens (including phenoxy) is 1. The maximum absolute atomic E-state index is 9.00. The topological polar surface area (TPSA) is 44.7 Å². The number of rotatable bonds is 6. The largest absolute Gasteiger partial charge is 0.484 e. The molecule has 1 aromatic carbocycles. The van der Waals surface area contributed by atoms with Crippen molar-refractivity contribution in [3.8, 4) is 5.75 Å². The second-order valence-corrected chi connectivity index (χ2v) is 5.95. The van der Waals surface area contributed by atoms with Gasteiger partial charge in [0.05, 0.1) is 18.8 Å². The van der Waals surface area contributed by atoms with Gasteiger partial charge in [-0.2, -0.15) is 0 Å². The number of aliphatic hydroxyl groups excluding tert-OH is 1. The summed E-state index contributed by atoms with van der Waals surface area (Å²) in [4.78, 5) is 2.26. The molecule has 1 heterocycles. The molecule has 0 saturated carbocycles. The second kappa shape index (κ2) is 6.46. The van der Waals surface area contributed by atoms with Gasteiger partial charge in [-0.25, -0.2) is 0 Å². The third-order valence-corrected chi connectivity index (χ3v) is 3.71. The van der Waals surface area contributed by atoms with Gasteiger partial charge in [0.15, 0.2) is 0 Å². The Morgan fingerprint density at radius 1 is 1.35 bits per heavy atom. The molecule has 0 saturated heterocycles. The van der Waals surface area contributed by atoms with E-state index < -0.39 is 0 Å². The van der Waals surface area contributed by atoms with E-state index in [4.69, 9.17) is 9.84 Å². The SMILES string of the molecule is CCN(CCO)CCc1ccc2c(c1)NCC(C)(C)O2. The van der Waals surface area contributed by atoms with Crippen molar-refractivity contribution in [3.05, 3.63) is 23.8 Å². The van der Waals surface area contributed by atoms with Crippen LogP contribution in [0.25, 0.3) is 0 Å². The number of fused-ring (bicyclic) bond motifs is 1. The summed E-state index contributed by atoms with van der Waals surface area (Å²) in [6, 6.07) is 6.37. The normalized spacial score (nSPS) is 16.4. The first-order valence-electron chi connectivity index (χ1n) is 7.43. The smallest absolute Gasteiger partial charge is 0.143 e. The molecule has 1 aliphatic rings. The van der Waals surface area contributed by atoms with Crippen molar-refractivity contribution in [1.82, 2.24) is 4.90 Å². The predicted octanol–water partition coefficient (Wildman–Crippen LogP) is 2.13. The first-order valence-corrected chi connectivity index (χ1v) is 7.43. The molecule has 0 aliphatic carbocycles. The van der Waals surface area contributed by atoms with Gasteiger partial charge in [-0.3, -0.25) is 0 Å². The third-order valence-electron chi connectivity index (χ3n) is 3.71. The van der Waals surface area contributed by atoms with Crippen molar-refractivity contribution in [3.63, 3.8) is 0 Å².